The lowest BCUT2D eigenvalue weighted by Gasteiger charge is -2.30. The topological polar surface area (TPSA) is 79.4 Å². The summed E-state index contributed by atoms with van der Waals surface area (Å²) in [5.74, 6) is 0.396. The number of hydrogen-bond acceptors (Lipinski definition) is 8. The van der Waals surface area contributed by atoms with Crippen molar-refractivity contribution >= 4 is 39.5 Å². The van der Waals surface area contributed by atoms with Crippen LogP contribution in [0, 0.1) is 0 Å². The number of thiophene rings is 1. The van der Waals surface area contributed by atoms with Crippen molar-refractivity contribution in [3.63, 3.8) is 0 Å². The van der Waals surface area contributed by atoms with E-state index in [2.05, 4.69) is 31.6 Å². The number of benzene rings is 1. The monoisotopic (exact) mass is 549 g/mol. The summed E-state index contributed by atoms with van der Waals surface area (Å²) in [7, 11) is -1.32. The van der Waals surface area contributed by atoms with Gasteiger partial charge in [-0.1, -0.05) is 6.92 Å². The van der Waals surface area contributed by atoms with Crippen LogP contribution < -0.4 is 15.5 Å². The minimum atomic E-state index is -4.63. The molecule has 2 N–H and O–H groups in total. The number of halogens is 3. The molecule has 5 heterocycles. The second kappa shape index (κ2) is 9.64. The predicted octanol–water partition coefficient (Wildman–Crippen LogP) is 4.72. The second-order valence-electron chi connectivity index (χ2n) is 9.42. The summed E-state index contributed by atoms with van der Waals surface area (Å²) in [4.78, 5) is 12.2. The predicted molar refractivity (Wildman–Crippen MR) is 138 cm³/mol. The number of ether oxygens (including phenoxy) is 1. The maximum Gasteiger partial charge on any atom is 0.420 e. The number of piperazine rings is 1. The Morgan fingerprint density at radius 2 is 2.19 bits per heavy atom. The van der Waals surface area contributed by atoms with Gasteiger partial charge in [0.25, 0.3) is 0 Å². The van der Waals surface area contributed by atoms with Gasteiger partial charge in [-0.15, -0.1) is 11.3 Å². The van der Waals surface area contributed by atoms with Gasteiger partial charge in [0.15, 0.2) is 0 Å². The van der Waals surface area contributed by atoms with Crippen molar-refractivity contribution in [3.8, 4) is 10.6 Å². The van der Waals surface area contributed by atoms with Gasteiger partial charge in [0.1, 0.15) is 5.56 Å². The highest BCUT2D eigenvalue weighted by molar-refractivity contribution is 7.85. The molecule has 0 aliphatic carbocycles. The van der Waals surface area contributed by atoms with Crippen molar-refractivity contribution in [2.75, 3.05) is 35.7 Å². The highest BCUT2D eigenvalue weighted by atomic mass is 32.2. The zero-order valence-corrected chi connectivity index (χ0v) is 21.7. The van der Waals surface area contributed by atoms with E-state index >= 15 is 0 Å². The summed E-state index contributed by atoms with van der Waals surface area (Å²) < 4.78 is 59.7. The maximum atomic E-state index is 13.9. The number of aryl methyl sites for hydroxylation is 1. The molecule has 0 amide bonds. The molecule has 3 aliphatic rings. The molecular formula is C25H26F3N5O2S2. The lowest BCUT2D eigenvalue weighted by Crippen LogP contribution is -2.43. The molecule has 3 unspecified atom stereocenters. The van der Waals surface area contributed by atoms with Gasteiger partial charge >= 0.3 is 6.18 Å². The van der Waals surface area contributed by atoms with Crippen LogP contribution in [0.25, 0.3) is 10.6 Å². The van der Waals surface area contributed by atoms with Gasteiger partial charge in [-0.05, 0) is 42.7 Å². The Balaban J connectivity index is 1.33. The molecule has 3 atom stereocenters. The Kier molecular flexibility index (Phi) is 6.46. The van der Waals surface area contributed by atoms with Crippen molar-refractivity contribution in [2.45, 2.75) is 49.5 Å². The lowest BCUT2D eigenvalue weighted by atomic mass is 10.1. The van der Waals surface area contributed by atoms with Gasteiger partial charge in [-0.3, -0.25) is 4.21 Å². The molecule has 3 aliphatic heterocycles. The molecule has 196 valence electrons. The molecule has 12 heteroatoms. The standard InChI is InChI=1S/C25H26F3N5O2S2/c1-2-14-7-16(33-12-15-8-17(33)10-29-15)3-4-19(14)31-24-30-11-18(25(26,27)28)23(32-24)20-9-22-21(36-20)13-35-5-6-37(22)34/h3-4,7,9,11,15,17,29H,2,5-6,8,10,12-13H2,1H3,(H,30,31,32). The van der Waals surface area contributed by atoms with Crippen molar-refractivity contribution in [3.05, 3.63) is 46.5 Å². The lowest BCUT2D eigenvalue weighted by molar-refractivity contribution is -0.137. The Labute approximate surface area is 218 Å². The molecular weight excluding hydrogens is 523 g/mol. The van der Waals surface area contributed by atoms with Gasteiger partial charge in [-0.25, -0.2) is 9.97 Å². The third-order valence-corrected chi connectivity index (χ3v) is 9.73. The average molecular weight is 550 g/mol. The molecule has 2 aromatic heterocycles. The first kappa shape index (κ1) is 24.8. The number of aromatic nitrogens is 2. The van der Waals surface area contributed by atoms with Gasteiger partial charge < -0.3 is 20.3 Å². The molecule has 0 radical (unpaired) electrons. The van der Waals surface area contributed by atoms with Crippen molar-refractivity contribution in [1.29, 1.82) is 0 Å². The fourth-order valence-electron chi connectivity index (χ4n) is 5.24. The normalized spacial score (nSPS) is 23.2. The van der Waals surface area contributed by atoms with Crippen molar-refractivity contribution in [1.82, 2.24) is 15.3 Å². The van der Waals surface area contributed by atoms with Crippen LogP contribution >= 0.6 is 11.3 Å². The highest BCUT2D eigenvalue weighted by Crippen LogP contribution is 2.41. The Morgan fingerprint density at radius 1 is 1.32 bits per heavy atom. The third-order valence-electron chi connectivity index (χ3n) is 7.09. The van der Waals surface area contributed by atoms with Crippen LogP contribution in [-0.2, 0) is 34.7 Å². The van der Waals surface area contributed by atoms with E-state index in [-0.39, 0.29) is 18.2 Å². The number of nitrogens with one attached hydrogen (secondary N) is 2. The number of rotatable bonds is 5. The highest BCUT2D eigenvalue weighted by Gasteiger charge is 2.38. The molecule has 7 nitrogen and oxygen atoms in total. The van der Waals surface area contributed by atoms with Crippen LogP contribution in [-0.4, -0.2) is 51.7 Å². The molecule has 3 aromatic rings. The number of anilines is 3. The summed E-state index contributed by atoms with van der Waals surface area (Å²) in [6, 6.07) is 8.70. The third kappa shape index (κ3) is 4.75. The van der Waals surface area contributed by atoms with Crippen LogP contribution in [0.1, 0.15) is 29.3 Å². The van der Waals surface area contributed by atoms with E-state index in [0.717, 1.165) is 60.4 Å². The Bertz CT molecular complexity index is 1360. The first-order valence-corrected chi connectivity index (χ1v) is 14.4. The molecule has 6 rings (SSSR count). The van der Waals surface area contributed by atoms with E-state index < -0.39 is 22.5 Å². The van der Waals surface area contributed by atoms with E-state index in [9.17, 15) is 17.4 Å². The summed E-state index contributed by atoms with van der Waals surface area (Å²) in [5.41, 5.74) is 1.80. The smallest absolute Gasteiger partial charge is 0.375 e. The first-order chi connectivity index (χ1) is 17.8. The minimum absolute atomic E-state index is 0.0795. The number of hydrogen-bond donors (Lipinski definition) is 2. The Hall–Kier alpha value is -2.54. The molecule has 0 spiro atoms. The molecule has 2 bridgehead atoms. The van der Waals surface area contributed by atoms with E-state index in [1.54, 1.807) is 6.07 Å². The Morgan fingerprint density at radius 3 is 2.92 bits per heavy atom. The first-order valence-electron chi connectivity index (χ1n) is 12.2. The quantitative estimate of drug-likeness (QED) is 0.477. The molecule has 37 heavy (non-hydrogen) atoms. The summed E-state index contributed by atoms with van der Waals surface area (Å²) in [6.45, 7) is 4.59. The van der Waals surface area contributed by atoms with Gasteiger partial charge in [0.2, 0.25) is 5.95 Å². The minimum Gasteiger partial charge on any atom is -0.375 e. The molecule has 2 saturated heterocycles. The number of fused-ring (bicyclic) bond motifs is 3. The number of nitrogens with zero attached hydrogens (tertiary/aromatic N) is 3. The maximum absolute atomic E-state index is 13.9. The van der Waals surface area contributed by atoms with Crippen LogP contribution in [0.4, 0.5) is 30.5 Å². The van der Waals surface area contributed by atoms with E-state index in [0.29, 0.717) is 39.1 Å². The fraction of sp³-hybridized carbons (Fsp3) is 0.440. The average Bonchev–Trinajstić information content (AvgIpc) is 3.60. The molecule has 0 saturated carbocycles. The van der Waals surface area contributed by atoms with Crippen LogP contribution in [0.15, 0.2) is 35.4 Å². The zero-order valence-electron chi connectivity index (χ0n) is 20.1. The fourth-order valence-corrected chi connectivity index (χ4v) is 7.77. The van der Waals surface area contributed by atoms with E-state index in [4.69, 9.17) is 4.74 Å². The van der Waals surface area contributed by atoms with E-state index in [1.165, 1.54) is 0 Å². The second-order valence-corrected chi connectivity index (χ2v) is 12.1. The largest absolute Gasteiger partial charge is 0.420 e. The van der Waals surface area contributed by atoms with Crippen molar-refractivity contribution < 1.29 is 22.1 Å². The van der Waals surface area contributed by atoms with Gasteiger partial charge in [-0.2, -0.15) is 13.2 Å². The van der Waals surface area contributed by atoms with Crippen LogP contribution in [0.5, 0.6) is 0 Å². The SMILES string of the molecule is CCc1cc(N2CC3CC2CN3)ccc1Nc1ncc(C(F)(F)F)c(-c2cc3c(s2)COCCS3=O)n1. The number of alkyl halides is 3. The molecule has 2 fully saturated rings. The molecule has 1 aromatic carbocycles. The van der Waals surface area contributed by atoms with Crippen LogP contribution in [0.2, 0.25) is 0 Å². The summed E-state index contributed by atoms with van der Waals surface area (Å²) >= 11 is 1.13. The van der Waals surface area contributed by atoms with Crippen LogP contribution in [0.3, 0.4) is 0 Å². The summed E-state index contributed by atoms with van der Waals surface area (Å²) in [6.07, 6.45) is -1.93. The van der Waals surface area contributed by atoms with Gasteiger partial charge in [0, 0.05) is 47.6 Å². The zero-order chi connectivity index (χ0) is 25.7. The van der Waals surface area contributed by atoms with Gasteiger partial charge in [0.05, 0.1) is 45.2 Å². The van der Waals surface area contributed by atoms with Crippen molar-refractivity contribution in [2.24, 2.45) is 0 Å². The summed E-state index contributed by atoms with van der Waals surface area (Å²) in [5, 5.41) is 6.65. The van der Waals surface area contributed by atoms with E-state index in [1.807, 2.05) is 19.1 Å².